The monoisotopic (exact) mass is 375 g/mol. The van der Waals surface area contributed by atoms with Gasteiger partial charge in [-0.25, -0.2) is 0 Å². The summed E-state index contributed by atoms with van der Waals surface area (Å²) in [5.74, 6) is 1.22. The standard InChI is InChI=1S/C22H33NO4/c1-7-23(8-2)21(24)17-10-11-18(19(15-17)25-6)26-14-13-16(3)9-12-20-22(4,5)27-20/h10-11,13,15,20H,7-9,12,14H2,1-6H3. The molecule has 0 aliphatic carbocycles. The van der Waals surface area contributed by atoms with Crippen molar-refractivity contribution in [2.45, 2.75) is 59.2 Å². The van der Waals surface area contributed by atoms with Crippen LogP contribution in [0.1, 0.15) is 57.8 Å². The Kier molecular flexibility index (Phi) is 7.31. The molecule has 1 atom stereocenters. The van der Waals surface area contributed by atoms with Crippen LogP contribution in [0.15, 0.2) is 29.8 Å². The minimum atomic E-state index is 0.00538. The van der Waals surface area contributed by atoms with Gasteiger partial charge in [-0.05, 0) is 71.7 Å². The molecule has 0 spiro atoms. The zero-order valence-electron chi connectivity index (χ0n) is 17.5. The van der Waals surface area contributed by atoms with E-state index in [0.29, 0.717) is 42.9 Å². The molecule has 1 unspecified atom stereocenters. The predicted molar refractivity (Wildman–Crippen MR) is 108 cm³/mol. The third-order valence-electron chi connectivity index (χ3n) is 5.10. The first-order chi connectivity index (χ1) is 12.8. The van der Waals surface area contributed by atoms with Crippen molar-refractivity contribution in [1.82, 2.24) is 4.90 Å². The number of benzene rings is 1. The Hall–Kier alpha value is -2.01. The summed E-state index contributed by atoms with van der Waals surface area (Å²) < 4.78 is 16.9. The molecule has 27 heavy (non-hydrogen) atoms. The lowest BCUT2D eigenvalue weighted by molar-refractivity contribution is 0.0772. The number of nitrogens with zero attached hydrogens (tertiary/aromatic N) is 1. The summed E-state index contributed by atoms with van der Waals surface area (Å²) in [6.45, 7) is 12.2. The molecule has 0 saturated carbocycles. The third-order valence-corrected chi connectivity index (χ3v) is 5.10. The second-order valence-corrected chi connectivity index (χ2v) is 7.45. The molecule has 5 nitrogen and oxygen atoms in total. The molecule has 5 heteroatoms. The number of allylic oxidation sites excluding steroid dienone is 1. The van der Waals surface area contributed by atoms with Crippen LogP contribution in [-0.4, -0.2) is 49.3 Å². The average Bonchev–Trinajstić information content (AvgIpc) is 3.27. The topological polar surface area (TPSA) is 51.3 Å². The molecule has 0 aromatic heterocycles. The highest BCUT2D eigenvalue weighted by Gasteiger charge is 2.46. The first kappa shape index (κ1) is 21.3. The van der Waals surface area contributed by atoms with Gasteiger partial charge in [0.15, 0.2) is 11.5 Å². The van der Waals surface area contributed by atoms with Crippen LogP contribution in [-0.2, 0) is 4.74 Å². The minimum Gasteiger partial charge on any atom is -0.493 e. The number of methoxy groups -OCH3 is 1. The molecule has 1 saturated heterocycles. The van der Waals surface area contributed by atoms with Gasteiger partial charge in [-0.1, -0.05) is 5.57 Å². The lowest BCUT2D eigenvalue weighted by atomic mass is 10.0. The van der Waals surface area contributed by atoms with Crippen LogP contribution in [0.2, 0.25) is 0 Å². The van der Waals surface area contributed by atoms with Gasteiger partial charge in [0.05, 0.1) is 18.8 Å². The quantitative estimate of drug-likeness (QED) is 0.447. The summed E-state index contributed by atoms with van der Waals surface area (Å²) in [5.41, 5.74) is 1.95. The molecule has 1 amide bonds. The van der Waals surface area contributed by atoms with E-state index in [-0.39, 0.29) is 11.5 Å². The number of carbonyl (C=O) groups excluding carboxylic acids is 1. The second kappa shape index (κ2) is 9.27. The zero-order chi connectivity index (χ0) is 20.0. The van der Waals surface area contributed by atoms with Crippen molar-refractivity contribution in [3.05, 3.63) is 35.4 Å². The fourth-order valence-corrected chi connectivity index (χ4v) is 3.09. The summed E-state index contributed by atoms with van der Waals surface area (Å²) in [7, 11) is 1.59. The summed E-state index contributed by atoms with van der Waals surface area (Å²) in [5, 5.41) is 0. The van der Waals surface area contributed by atoms with Gasteiger partial charge in [0.2, 0.25) is 0 Å². The number of hydrogen-bond donors (Lipinski definition) is 0. The van der Waals surface area contributed by atoms with E-state index in [2.05, 4.69) is 26.8 Å². The van der Waals surface area contributed by atoms with E-state index in [4.69, 9.17) is 14.2 Å². The normalized spacial score (nSPS) is 18.1. The van der Waals surface area contributed by atoms with Crippen molar-refractivity contribution >= 4 is 5.91 Å². The van der Waals surface area contributed by atoms with Crippen LogP contribution < -0.4 is 9.47 Å². The molecule has 1 aromatic rings. The highest BCUT2D eigenvalue weighted by Crippen LogP contribution is 2.38. The fraction of sp³-hybridized carbons (Fsp3) is 0.591. The second-order valence-electron chi connectivity index (χ2n) is 7.45. The highest BCUT2D eigenvalue weighted by molar-refractivity contribution is 5.94. The smallest absolute Gasteiger partial charge is 0.253 e. The summed E-state index contributed by atoms with van der Waals surface area (Å²) in [6, 6.07) is 5.35. The Morgan fingerprint density at radius 1 is 1.26 bits per heavy atom. The van der Waals surface area contributed by atoms with Gasteiger partial charge in [0, 0.05) is 18.7 Å². The number of carbonyl (C=O) groups is 1. The van der Waals surface area contributed by atoms with Crippen LogP contribution in [0.25, 0.3) is 0 Å². The highest BCUT2D eigenvalue weighted by atomic mass is 16.6. The molecule has 2 rings (SSSR count). The maximum atomic E-state index is 12.5. The summed E-state index contributed by atoms with van der Waals surface area (Å²) in [6.07, 6.45) is 4.51. The molecule has 150 valence electrons. The van der Waals surface area contributed by atoms with E-state index < -0.39 is 0 Å². The van der Waals surface area contributed by atoms with Crippen molar-refractivity contribution in [3.8, 4) is 11.5 Å². The Morgan fingerprint density at radius 3 is 2.48 bits per heavy atom. The first-order valence-corrected chi connectivity index (χ1v) is 9.75. The maximum absolute atomic E-state index is 12.5. The van der Waals surface area contributed by atoms with Crippen LogP contribution in [0.5, 0.6) is 11.5 Å². The number of epoxide rings is 1. The molecule has 1 heterocycles. The summed E-state index contributed by atoms with van der Waals surface area (Å²) >= 11 is 0. The number of ether oxygens (including phenoxy) is 3. The van der Waals surface area contributed by atoms with E-state index in [1.165, 1.54) is 5.57 Å². The minimum absolute atomic E-state index is 0.00538. The summed E-state index contributed by atoms with van der Waals surface area (Å²) in [4.78, 5) is 14.3. The van der Waals surface area contributed by atoms with Crippen molar-refractivity contribution in [3.63, 3.8) is 0 Å². The van der Waals surface area contributed by atoms with Crippen LogP contribution in [0.4, 0.5) is 0 Å². The van der Waals surface area contributed by atoms with Gasteiger partial charge >= 0.3 is 0 Å². The molecule has 1 aliphatic rings. The van der Waals surface area contributed by atoms with Crippen LogP contribution in [0, 0.1) is 0 Å². The van der Waals surface area contributed by atoms with Crippen molar-refractivity contribution in [2.75, 3.05) is 26.8 Å². The fourth-order valence-electron chi connectivity index (χ4n) is 3.09. The largest absolute Gasteiger partial charge is 0.493 e. The van der Waals surface area contributed by atoms with E-state index in [1.807, 2.05) is 13.8 Å². The molecular weight excluding hydrogens is 342 g/mol. The Labute approximate surface area is 163 Å². The van der Waals surface area contributed by atoms with Gasteiger partial charge in [-0.3, -0.25) is 4.79 Å². The lowest BCUT2D eigenvalue weighted by Crippen LogP contribution is -2.30. The van der Waals surface area contributed by atoms with E-state index in [0.717, 1.165) is 12.8 Å². The molecule has 0 N–H and O–H groups in total. The molecule has 0 bridgehead atoms. The number of amides is 1. The lowest BCUT2D eigenvalue weighted by Gasteiger charge is -2.19. The average molecular weight is 376 g/mol. The molecule has 1 aliphatic heterocycles. The van der Waals surface area contributed by atoms with Crippen molar-refractivity contribution < 1.29 is 19.0 Å². The number of rotatable bonds is 10. The van der Waals surface area contributed by atoms with E-state index in [1.54, 1.807) is 30.2 Å². The molecule has 1 fully saturated rings. The van der Waals surface area contributed by atoms with Crippen molar-refractivity contribution in [1.29, 1.82) is 0 Å². The Balaban J connectivity index is 1.92. The van der Waals surface area contributed by atoms with E-state index in [9.17, 15) is 4.79 Å². The van der Waals surface area contributed by atoms with Crippen molar-refractivity contribution in [2.24, 2.45) is 0 Å². The van der Waals surface area contributed by atoms with Gasteiger partial charge in [0.1, 0.15) is 6.61 Å². The van der Waals surface area contributed by atoms with Crippen LogP contribution in [0.3, 0.4) is 0 Å². The van der Waals surface area contributed by atoms with Gasteiger partial charge in [-0.2, -0.15) is 0 Å². The Morgan fingerprint density at radius 2 is 1.93 bits per heavy atom. The first-order valence-electron chi connectivity index (χ1n) is 9.75. The predicted octanol–water partition coefficient (Wildman–Crippen LogP) is 4.46. The SMILES string of the molecule is CCN(CC)C(=O)c1ccc(OCC=C(C)CCC2OC2(C)C)c(OC)c1. The Bertz CT molecular complexity index is 677. The molecular formula is C22H33NO4. The van der Waals surface area contributed by atoms with Gasteiger partial charge in [0.25, 0.3) is 5.91 Å². The molecule has 1 aromatic carbocycles. The van der Waals surface area contributed by atoms with E-state index >= 15 is 0 Å². The maximum Gasteiger partial charge on any atom is 0.253 e. The number of hydrogen-bond acceptors (Lipinski definition) is 4. The van der Waals surface area contributed by atoms with Gasteiger partial charge in [-0.15, -0.1) is 0 Å². The van der Waals surface area contributed by atoms with Crippen LogP contribution >= 0.6 is 0 Å². The third kappa shape index (κ3) is 5.73. The van der Waals surface area contributed by atoms with Gasteiger partial charge < -0.3 is 19.1 Å². The molecule has 0 radical (unpaired) electrons. The zero-order valence-corrected chi connectivity index (χ0v) is 17.5.